The highest BCUT2D eigenvalue weighted by Gasteiger charge is 2.16. The molecule has 0 radical (unpaired) electrons. The summed E-state index contributed by atoms with van der Waals surface area (Å²) in [5.74, 6) is 1.97. The Balaban J connectivity index is 1.66. The Bertz CT molecular complexity index is 441. The van der Waals surface area contributed by atoms with Crippen molar-refractivity contribution in [1.82, 2.24) is 20.8 Å². The second-order valence-electron chi connectivity index (χ2n) is 5.96. The minimum atomic E-state index is 0.0743. The van der Waals surface area contributed by atoms with Crippen LogP contribution in [0.15, 0.2) is 4.52 Å². The van der Waals surface area contributed by atoms with Gasteiger partial charge in [0.05, 0.1) is 6.54 Å². The maximum Gasteiger partial charge on any atom is 0.246 e. The minimum Gasteiger partial charge on any atom is -0.347 e. The fourth-order valence-corrected chi connectivity index (χ4v) is 2.72. The van der Waals surface area contributed by atoms with Gasteiger partial charge in [-0.2, -0.15) is 4.98 Å². The zero-order valence-electron chi connectivity index (χ0n) is 13.0. The Kier molecular flexibility index (Phi) is 6.17. The Morgan fingerprint density at radius 1 is 1.43 bits per heavy atom. The van der Waals surface area contributed by atoms with Crippen molar-refractivity contribution in [2.45, 2.75) is 64.5 Å². The van der Waals surface area contributed by atoms with Crippen molar-refractivity contribution in [2.75, 3.05) is 7.05 Å². The molecule has 6 heteroatoms. The van der Waals surface area contributed by atoms with Crippen molar-refractivity contribution in [3.63, 3.8) is 0 Å². The van der Waals surface area contributed by atoms with Gasteiger partial charge < -0.3 is 15.2 Å². The molecule has 0 spiro atoms. The van der Waals surface area contributed by atoms with E-state index in [-0.39, 0.29) is 5.91 Å². The van der Waals surface area contributed by atoms with E-state index < -0.39 is 0 Å². The van der Waals surface area contributed by atoms with Crippen molar-refractivity contribution < 1.29 is 9.32 Å². The number of amides is 1. The van der Waals surface area contributed by atoms with Crippen molar-refractivity contribution in [2.24, 2.45) is 5.92 Å². The number of likely N-dealkylation sites (N-methyl/N-ethyl adjacent to an activating group) is 1. The lowest BCUT2D eigenvalue weighted by molar-refractivity contribution is -0.121. The van der Waals surface area contributed by atoms with E-state index in [1.165, 1.54) is 25.7 Å². The van der Waals surface area contributed by atoms with E-state index in [4.69, 9.17) is 4.52 Å². The quantitative estimate of drug-likeness (QED) is 0.764. The molecule has 0 aromatic carbocycles. The zero-order valence-corrected chi connectivity index (χ0v) is 13.0. The van der Waals surface area contributed by atoms with Gasteiger partial charge in [-0.25, -0.2) is 0 Å². The molecule has 0 aliphatic heterocycles. The van der Waals surface area contributed by atoms with Crippen molar-refractivity contribution >= 4 is 5.91 Å². The van der Waals surface area contributed by atoms with Crippen LogP contribution < -0.4 is 10.6 Å². The summed E-state index contributed by atoms with van der Waals surface area (Å²) in [6.07, 6.45) is 7.52. The summed E-state index contributed by atoms with van der Waals surface area (Å²) >= 11 is 0. The second-order valence-corrected chi connectivity index (χ2v) is 5.96. The first-order valence-corrected chi connectivity index (χ1v) is 7.92. The van der Waals surface area contributed by atoms with E-state index in [0.717, 1.165) is 18.8 Å². The van der Waals surface area contributed by atoms with Crippen LogP contribution in [0, 0.1) is 5.92 Å². The summed E-state index contributed by atoms with van der Waals surface area (Å²) in [6.45, 7) is 2.38. The lowest BCUT2D eigenvalue weighted by atomic mass is 10.0. The number of nitrogens with one attached hydrogen (secondary N) is 2. The molecule has 21 heavy (non-hydrogen) atoms. The molecule has 1 fully saturated rings. The number of hydrogen-bond donors (Lipinski definition) is 2. The van der Waals surface area contributed by atoms with Gasteiger partial charge in [0.1, 0.15) is 0 Å². The summed E-state index contributed by atoms with van der Waals surface area (Å²) in [6, 6.07) is 0.302. The lowest BCUT2D eigenvalue weighted by Gasteiger charge is -2.07. The third-order valence-electron chi connectivity index (χ3n) is 4.18. The van der Waals surface area contributed by atoms with Gasteiger partial charge in [0.2, 0.25) is 11.8 Å². The van der Waals surface area contributed by atoms with Gasteiger partial charge in [-0.1, -0.05) is 30.8 Å². The monoisotopic (exact) mass is 294 g/mol. The van der Waals surface area contributed by atoms with Gasteiger partial charge in [0, 0.05) is 18.9 Å². The Hall–Kier alpha value is -1.43. The first kappa shape index (κ1) is 15.9. The van der Waals surface area contributed by atoms with E-state index in [1.54, 1.807) is 0 Å². The van der Waals surface area contributed by atoms with Crippen LogP contribution in [0.5, 0.6) is 0 Å². The highest BCUT2D eigenvalue weighted by molar-refractivity contribution is 5.75. The molecule has 1 atom stereocenters. The Morgan fingerprint density at radius 3 is 2.90 bits per heavy atom. The van der Waals surface area contributed by atoms with Crippen LogP contribution in [-0.4, -0.2) is 29.1 Å². The number of nitrogens with zero attached hydrogens (tertiary/aromatic N) is 2. The van der Waals surface area contributed by atoms with Crippen molar-refractivity contribution in [1.29, 1.82) is 0 Å². The van der Waals surface area contributed by atoms with Crippen LogP contribution in [0.3, 0.4) is 0 Å². The fourth-order valence-electron chi connectivity index (χ4n) is 2.72. The van der Waals surface area contributed by atoms with Crippen LogP contribution in [0.2, 0.25) is 0 Å². The molecule has 0 saturated heterocycles. The molecule has 0 bridgehead atoms. The summed E-state index contributed by atoms with van der Waals surface area (Å²) < 4.78 is 5.13. The number of aromatic nitrogens is 2. The highest BCUT2D eigenvalue weighted by Crippen LogP contribution is 2.28. The normalized spacial score (nSPS) is 17.0. The minimum absolute atomic E-state index is 0.0743. The van der Waals surface area contributed by atoms with Crippen LogP contribution in [0.1, 0.15) is 57.2 Å². The van der Waals surface area contributed by atoms with Crippen LogP contribution in [0.25, 0.3) is 0 Å². The molecule has 1 unspecified atom stereocenters. The van der Waals surface area contributed by atoms with E-state index in [9.17, 15) is 4.79 Å². The zero-order chi connectivity index (χ0) is 15.1. The summed E-state index contributed by atoms with van der Waals surface area (Å²) in [5.41, 5.74) is 0. The molecule has 6 nitrogen and oxygen atoms in total. The Labute approximate surface area is 126 Å². The second kappa shape index (κ2) is 8.12. The Morgan fingerprint density at radius 2 is 2.19 bits per heavy atom. The van der Waals surface area contributed by atoms with Crippen LogP contribution >= 0.6 is 0 Å². The lowest BCUT2D eigenvalue weighted by Crippen LogP contribution is -2.24. The van der Waals surface area contributed by atoms with Gasteiger partial charge in [0.15, 0.2) is 5.82 Å². The number of carbonyl (C=O) groups excluding carboxylic acids is 1. The molecule has 1 aliphatic carbocycles. The molecule has 1 aliphatic rings. The molecule has 2 N–H and O–H groups in total. The third kappa shape index (κ3) is 5.46. The maximum absolute atomic E-state index is 11.8. The average Bonchev–Trinajstić information content (AvgIpc) is 3.14. The van der Waals surface area contributed by atoms with Gasteiger partial charge in [-0.3, -0.25) is 4.79 Å². The number of rotatable bonds is 8. The highest BCUT2D eigenvalue weighted by atomic mass is 16.5. The average molecular weight is 294 g/mol. The van der Waals surface area contributed by atoms with Gasteiger partial charge in [0.25, 0.3) is 0 Å². The smallest absolute Gasteiger partial charge is 0.246 e. The molecule has 1 aromatic rings. The summed E-state index contributed by atoms with van der Waals surface area (Å²) in [7, 11) is 1.90. The summed E-state index contributed by atoms with van der Waals surface area (Å²) in [4.78, 5) is 16.1. The molecule has 118 valence electrons. The third-order valence-corrected chi connectivity index (χ3v) is 4.18. The largest absolute Gasteiger partial charge is 0.347 e. The topological polar surface area (TPSA) is 80.0 Å². The fraction of sp³-hybridized carbons (Fsp3) is 0.800. The molecular formula is C15H26N4O2. The van der Waals surface area contributed by atoms with Crippen LogP contribution in [-0.2, 0) is 17.8 Å². The maximum atomic E-state index is 11.8. The van der Waals surface area contributed by atoms with E-state index in [1.807, 2.05) is 7.05 Å². The standard InChI is InChI=1S/C15H26N4O2/c1-11(16-2)9-13-18-15(21-19-13)10-17-14(20)8-7-12-5-3-4-6-12/h11-12,16H,3-10H2,1-2H3,(H,17,20). The van der Waals surface area contributed by atoms with E-state index >= 15 is 0 Å². The van der Waals surface area contributed by atoms with Crippen LogP contribution in [0.4, 0.5) is 0 Å². The SMILES string of the molecule is CNC(C)Cc1noc(CNC(=O)CCC2CCCC2)n1. The number of hydrogen-bond acceptors (Lipinski definition) is 5. The van der Waals surface area contributed by atoms with E-state index in [2.05, 4.69) is 27.7 Å². The predicted molar refractivity (Wildman–Crippen MR) is 79.6 cm³/mol. The summed E-state index contributed by atoms with van der Waals surface area (Å²) in [5, 5.41) is 9.89. The van der Waals surface area contributed by atoms with Crippen molar-refractivity contribution in [3.05, 3.63) is 11.7 Å². The predicted octanol–water partition coefficient (Wildman–Crippen LogP) is 1.81. The molecular weight excluding hydrogens is 268 g/mol. The van der Waals surface area contributed by atoms with Gasteiger partial charge in [-0.15, -0.1) is 0 Å². The van der Waals surface area contributed by atoms with Gasteiger partial charge in [-0.05, 0) is 26.3 Å². The van der Waals surface area contributed by atoms with E-state index in [0.29, 0.717) is 30.7 Å². The number of carbonyl (C=O) groups is 1. The first-order chi connectivity index (χ1) is 10.2. The molecule has 1 saturated carbocycles. The van der Waals surface area contributed by atoms with Gasteiger partial charge >= 0.3 is 0 Å². The molecule has 1 aromatic heterocycles. The molecule has 1 amide bonds. The molecule has 1 heterocycles. The van der Waals surface area contributed by atoms with Crippen molar-refractivity contribution in [3.8, 4) is 0 Å². The molecule has 2 rings (SSSR count). The first-order valence-electron chi connectivity index (χ1n) is 7.92.